The molecule has 0 radical (unpaired) electrons. The van der Waals surface area contributed by atoms with E-state index in [1.807, 2.05) is 6.07 Å². The Kier molecular flexibility index (Phi) is 4.46. The molecule has 4 nitrogen and oxygen atoms in total. The summed E-state index contributed by atoms with van der Waals surface area (Å²) in [4.78, 5) is 11.2. The summed E-state index contributed by atoms with van der Waals surface area (Å²) in [6.07, 6.45) is 0.983. The van der Waals surface area contributed by atoms with Crippen molar-refractivity contribution in [2.24, 2.45) is 0 Å². The van der Waals surface area contributed by atoms with Crippen LogP contribution in [-0.4, -0.2) is 11.0 Å². The summed E-state index contributed by atoms with van der Waals surface area (Å²) in [7, 11) is 0. The minimum atomic E-state index is -0.344. The largest absolute Gasteiger partial charge is 0.324 e. The maximum atomic E-state index is 10.6. The van der Waals surface area contributed by atoms with Gasteiger partial charge in [-0.3, -0.25) is 10.1 Å². The number of nitro groups is 1. The van der Waals surface area contributed by atoms with Crippen molar-refractivity contribution in [1.29, 1.82) is 0 Å². The molecule has 2 rings (SSSR count). The molecule has 96 valence electrons. The van der Waals surface area contributed by atoms with Crippen molar-refractivity contribution in [3.8, 4) is 0 Å². The molecule has 0 aromatic carbocycles. The highest BCUT2D eigenvalue weighted by Gasteiger charge is 2.10. The van der Waals surface area contributed by atoms with Crippen LogP contribution in [0.4, 0.5) is 5.00 Å². The molecule has 0 saturated carbocycles. The fraction of sp³-hybridized carbons (Fsp3) is 0.333. The summed E-state index contributed by atoms with van der Waals surface area (Å²) in [6.45, 7) is 2.81. The first-order valence-corrected chi connectivity index (χ1v) is 7.38. The molecule has 2 heterocycles. The second-order valence-electron chi connectivity index (χ2n) is 4.11. The summed E-state index contributed by atoms with van der Waals surface area (Å²) >= 11 is 2.93. The number of thiophene rings is 2. The van der Waals surface area contributed by atoms with Gasteiger partial charge in [0.05, 0.1) is 4.92 Å². The van der Waals surface area contributed by atoms with E-state index in [1.165, 1.54) is 16.9 Å². The van der Waals surface area contributed by atoms with Crippen LogP contribution in [0.1, 0.15) is 17.4 Å². The second-order valence-corrected chi connectivity index (χ2v) is 6.04. The van der Waals surface area contributed by atoms with Crippen molar-refractivity contribution >= 4 is 27.7 Å². The maximum absolute atomic E-state index is 10.6. The van der Waals surface area contributed by atoms with Crippen LogP contribution in [0.5, 0.6) is 0 Å². The smallest absolute Gasteiger partial charge is 0.309 e. The van der Waals surface area contributed by atoms with Crippen LogP contribution in [0.25, 0.3) is 0 Å². The van der Waals surface area contributed by atoms with Gasteiger partial charge in [-0.15, -0.1) is 0 Å². The minimum absolute atomic E-state index is 0.206. The number of hydrogen-bond donors (Lipinski definition) is 1. The minimum Gasteiger partial charge on any atom is -0.309 e. The third-order valence-corrected chi connectivity index (χ3v) is 4.34. The van der Waals surface area contributed by atoms with Crippen molar-refractivity contribution < 1.29 is 4.92 Å². The highest BCUT2D eigenvalue weighted by atomic mass is 32.1. The highest BCUT2D eigenvalue weighted by Crippen LogP contribution is 2.23. The van der Waals surface area contributed by atoms with Gasteiger partial charge in [0.15, 0.2) is 0 Å². The molecule has 0 fully saturated rings. The van der Waals surface area contributed by atoms with Crippen LogP contribution >= 0.6 is 22.7 Å². The van der Waals surface area contributed by atoms with Gasteiger partial charge in [0, 0.05) is 23.5 Å². The molecular weight excluding hydrogens is 268 g/mol. The van der Waals surface area contributed by atoms with Crippen molar-refractivity contribution in [2.45, 2.75) is 25.9 Å². The van der Waals surface area contributed by atoms with E-state index < -0.39 is 0 Å². The molecule has 2 aromatic heterocycles. The van der Waals surface area contributed by atoms with Crippen LogP contribution in [0.15, 0.2) is 29.0 Å². The summed E-state index contributed by atoms with van der Waals surface area (Å²) in [5.74, 6) is 0. The van der Waals surface area contributed by atoms with E-state index in [0.717, 1.165) is 11.3 Å². The first kappa shape index (κ1) is 13.2. The van der Waals surface area contributed by atoms with Crippen molar-refractivity contribution in [3.05, 3.63) is 49.5 Å². The summed E-state index contributed by atoms with van der Waals surface area (Å²) in [5, 5.41) is 18.4. The van der Waals surface area contributed by atoms with Gasteiger partial charge in [-0.05, 0) is 41.8 Å². The lowest BCUT2D eigenvalue weighted by Crippen LogP contribution is -2.26. The Labute approximate surface area is 113 Å². The first-order chi connectivity index (χ1) is 8.65. The van der Waals surface area contributed by atoms with E-state index in [9.17, 15) is 10.1 Å². The van der Waals surface area contributed by atoms with Crippen LogP contribution in [0.3, 0.4) is 0 Å². The fourth-order valence-corrected chi connectivity index (χ4v) is 3.12. The van der Waals surface area contributed by atoms with Gasteiger partial charge in [0.25, 0.3) is 0 Å². The van der Waals surface area contributed by atoms with Gasteiger partial charge in [-0.2, -0.15) is 11.3 Å². The molecule has 0 aliphatic carbocycles. The van der Waals surface area contributed by atoms with Crippen LogP contribution < -0.4 is 5.32 Å². The average molecular weight is 282 g/mol. The Morgan fingerprint density at radius 3 is 2.89 bits per heavy atom. The van der Waals surface area contributed by atoms with E-state index >= 15 is 0 Å². The van der Waals surface area contributed by atoms with Gasteiger partial charge < -0.3 is 5.32 Å². The summed E-state index contributed by atoms with van der Waals surface area (Å²) in [5.41, 5.74) is 1.33. The molecular formula is C12H14N2O2S2. The molecule has 18 heavy (non-hydrogen) atoms. The fourth-order valence-electron chi connectivity index (χ4n) is 1.67. The molecule has 0 aliphatic rings. The number of nitrogens with one attached hydrogen (secondary N) is 1. The molecule has 0 saturated heterocycles. The van der Waals surface area contributed by atoms with E-state index in [4.69, 9.17) is 0 Å². The molecule has 0 amide bonds. The number of rotatable bonds is 6. The second kappa shape index (κ2) is 6.08. The van der Waals surface area contributed by atoms with E-state index in [2.05, 4.69) is 29.1 Å². The van der Waals surface area contributed by atoms with Gasteiger partial charge in [0.1, 0.15) is 0 Å². The highest BCUT2D eigenvalue weighted by molar-refractivity contribution is 7.15. The van der Waals surface area contributed by atoms with Gasteiger partial charge >= 0.3 is 5.00 Å². The summed E-state index contributed by atoms with van der Waals surface area (Å²) < 4.78 is 0. The predicted octanol–water partition coefficient (Wildman–Crippen LogP) is 3.44. The molecule has 1 atom stereocenters. The lowest BCUT2D eigenvalue weighted by atomic mass is 10.1. The Morgan fingerprint density at radius 2 is 2.28 bits per heavy atom. The zero-order valence-electron chi connectivity index (χ0n) is 9.96. The standard InChI is InChI=1S/C12H14N2O2S2/c1-9(6-10-4-5-17-8-10)13-7-11-2-3-12(18-11)14(15)16/h2-5,8-9,13H,6-7H2,1H3. The molecule has 1 unspecified atom stereocenters. The predicted molar refractivity (Wildman–Crippen MR) is 75.3 cm³/mol. The lowest BCUT2D eigenvalue weighted by molar-refractivity contribution is -0.380. The molecule has 0 aliphatic heterocycles. The van der Waals surface area contributed by atoms with Gasteiger partial charge in [0.2, 0.25) is 0 Å². The van der Waals surface area contributed by atoms with E-state index in [1.54, 1.807) is 17.4 Å². The monoisotopic (exact) mass is 282 g/mol. The van der Waals surface area contributed by atoms with Crippen LogP contribution in [-0.2, 0) is 13.0 Å². The quantitative estimate of drug-likeness (QED) is 0.652. The maximum Gasteiger partial charge on any atom is 0.324 e. The van der Waals surface area contributed by atoms with Gasteiger partial charge in [-0.25, -0.2) is 0 Å². The number of hydrogen-bond acceptors (Lipinski definition) is 5. The molecule has 6 heteroatoms. The average Bonchev–Trinajstić information content (AvgIpc) is 2.96. The van der Waals surface area contributed by atoms with E-state index in [-0.39, 0.29) is 9.92 Å². The SMILES string of the molecule is CC(Cc1ccsc1)NCc1ccc([N+](=O)[O-])s1. The Hall–Kier alpha value is -1.24. The molecule has 2 aromatic rings. The van der Waals surface area contributed by atoms with E-state index in [0.29, 0.717) is 12.6 Å². The lowest BCUT2D eigenvalue weighted by Gasteiger charge is -2.11. The third-order valence-electron chi connectivity index (χ3n) is 2.57. The molecule has 0 bridgehead atoms. The van der Waals surface area contributed by atoms with Crippen molar-refractivity contribution in [2.75, 3.05) is 0 Å². The van der Waals surface area contributed by atoms with Crippen molar-refractivity contribution in [1.82, 2.24) is 5.32 Å². The topological polar surface area (TPSA) is 55.2 Å². The zero-order valence-corrected chi connectivity index (χ0v) is 11.6. The Bertz CT molecular complexity index is 508. The number of nitrogens with zero attached hydrogens (tertiary/aromatic N) is 1. The normalized spacial score (nSPS) is 12.5. The van der Waals surface area contributed by atoms with Crippen LogP contribution in [0, 0.1) is 10.1 Å². The zero-order chi connectivity index (χ0) is 13.0. The molecule has 1 N–H and O–H groups in total. The van der Waals surface area contributed by atoms with Gasteiger partial charge in [-0.1, -0.05) is 11.3 Å². The Balaban J connectivity index is 1.81. The third kappa shape index (κ3) is 3.63. The van der Waals surface area contributed by atoms with Crippen LogP contribution in [0.2, 0.25) is 0 Å². The first-order valence-electron chi connectivity index (χ1n) is 5.62. The van der Waals surface area contributed by atoms with Crippen molar-refractivity contribution in [3.63, 3.8) is 0 Å². The Morgan fingerprint density at radius 1 is 1.44 bits per heavy atom. The molecule has 0 spiro atoms. The summed E-state index contributed by atoms with van der Waals surface area (Å²) in [6, 6.07) is 5.86.